The highest BCUT2D eigenvalue weighted by atomic mass is 79.9. The third-order valence-electron chi connectivity index (χ3n) is 4.85. The van der Waals surface area contributed by atoms with Gasteiger partial charge in [0.05, 0.1) is 26.2 Å². The van der Waals surface area contributed by atoms with Gasteiger partial charge in [-0.3, -0.25) is 9.59 Å². The minimum atomic E-state index is -1.65. The van der Waals surface area contributed by atoms with E-state index >= 15 is 0 Å². The minimum Gasteiger partial charge on any atom is -0.469 e. The predicted molar refractivity (Wildman–Crippen MR) is 98.6 cm³/mol. The van der Waals surface area contributed by atoms with E-state index in [1.807, 2.05) is 0 Å². The minimum absolute atomic E-state index is 0.0446. The molecule has 2 aliphatic rings. The van der Waals surface area contributed by atoms with Crippen LogP contribution < -0.4 is 11.1 Å². The lowest BCUT2D eigenvalue weighted by atomic mass is 9.74. The van der Waals surface area contributed by atoms with E-state index in [1.54, 1.807) is 18.2 Å². The Kier molecular flexibility index (Phi) is 4.03. The van der Waals surface area contributed by atoms with Crippen LogP contribution in [0.25, 0.3) is 11.3 Å². The Labute approximate surface area is 167 Å². The van der Waals surface area contributed by atoms with Crippen LogP contribution in [0.2, 0.25) is 0 Å². The van der Waals surface area contributed by atoms with Gasteiger partial charge in [0.2, 0.25) is 5.91 Å². The third-order valence-corrected chi connectivity index (χ3v) is 5.34. The molecule has 0 unspecified atom stereocenters. The molecule has 144 valence electrons. The van der Waals surface area contributed by atoms with Crippen molar-refractivity contribution in [2.24, 2.45) is 0 Å². The molecule has 0 saturated heterocycles. The summed E-state index contributed by atoms with van der Waals surface area (Å²) < 4.78 is 15.8. The van der Waals surface area contributed by atoms with Crippen molar-refractivity contribution in [3.8, 4) is 11.3 Å². The van der Waals surface area contributed by atoms with Crippen LogP contribution in [0.15, 0.2) is 38.4 Å². The van der Waals surface area contributed by atoms with Crippen molar-refractivity contribution >= 4 is 39.8 Å². The molecule has 2 heterocycles. The van der Waals surface area contributed by atoms with E-state index in [0.29, 0.717) is 15.6 Å². The van der Waals surface area contributed by atoms with Gasteiger partial charge in [-0.2, -0.15) is 4.98 Å². The van der Waals surface area contributed by atoms with E-state index < -0.39 is 23.3 Å². The Morgan fingerprint density at radius 2 is 2.07 bits per heavy atom. The van der Waals surface area contributed by atoms with Crippen LogP contribution in [-0.4, -0.2) is 37.0 Å². The van der Waals surface area contributed by atoms with Crippen LogP contribution >= 0.6 is 15.9 Å². The van der Waals surface area contributed by atoms with Gasteiger partial charge in [-0.25, -0.2) is 4.79 Å². The summed E-state index contributed by atoms with van der Waals surface area (Å²) in [5.41, 5.74) is 5.35. The number of nitrogen functional groups attached to an aromatic ring is 1. The summed E-state index contributed by atoms with van der Waals surface area (Å²) in [6.45, 7) is 0. The van der Waals surface area contributed by atoms with Crippen LogP contribution in [0.4, 0.5) is 6.01 Å². The van der Waals surface area contributed by atoms with Crippen LogP contribution in [0.3, 0.4) is 0 Å². The Bertz CT molecular complexity index is 1090. The number of carbonyl (C=O) groups excluding carboxylic acids is 3. The Balaban J connectivity index is 2.08. The first-order valence-corrected chi connectivity index (χ1v) is 8.91. The van der Waals surface area contributed by atoms with Crippen LogP contribution in [0.5, 0.6) is 0 Å². The van der Waals surface area contributed by atoms with E-state index in [9.17, 15) is 14.4 Å². The van der Waals surface area contributed by atoms with E-state index in [1.165, 1.54) is 14.2 Å². The van der Waals surface area contributed by atoms with E-state index in [0.717, 1.165) is 0 Å². The second kappa shape index (κ2) is 6.20. The highest BCUT2D eigenvalue weighted by Gasteiger charge is 2.62. The molecule has 1 aliphatic heterocycles. The normalized spacial score (nSPS) is 19.5. The number of aromatic nitrogens is 1. The number of benzene rings is 1. The van der Waals surface area contributed by atoms with Gasteiger partial charge in [0.15, 0.2) is 11.2 Å². The average molecular weight is 448 g/mol. The fourth-order valence-corrected chi connectivity index (χ4v) is 4.13. The summed E-state index contributed by atoms with van der Waals surface area (Å²) in [7, 11) is 2.40. The second-order valence-electron chi connectivity index (χ2n) is 6.22. The molecule has 28 heavy (non-hydrogen) atoms. The molecule has 1 aromatic heterocycles. The maximum absolute atomic E-state index is 13.3. The van der Waals surface area contributed by atoms with Crippen molar-refractivity contribution in [2.75, 3.05) is 20.0 Å². The lowest BCUT2D eigenvalue weighted by Gasteiger charge is -2.24. The smallest absolute Gasteiger partial charge is 0.337 e. The zero-order valence-corrected chi connectivity index (χ0v) is 16.4. The number of nitrogens with one attached hydrogen (secondary N) is 1. The first-order chi connectivity index (χ1) is 13.3. The van der Waals surface area contributed by atoms with Gasteiger partial charge in [0, 0.05) is 15.7 Å². The van der Waals surface area contributed by atoms with Gasteiger partial charge in [-0.05, 0) is 23.8 Å². The van der Waals surface area contributed by atoms with Gasteiger partial charge in [-0.1, -0.05) is 15.9 Å². The number of carbonyl (C=O) groups is 3. The lowest BCUT2D eigenvalue weighted by molar-refractivity contribution is -0.139. The zero-order chi connectivity index (χ0) is 20.2. The highest BCUT2D eigenvalue weighted by molar-refractivity contribution is 9.10. The number of oxazole rings is 1. The number of anilines is 1. The summed E-state index contributed by atoms with van der Waals surface area (Å²) in [4.78, 5) is 42.2. The van der Waals surface area contributed by atoms with Crippen molar-refractivity contribution < 1.29 is 28.3 Å². The number of methoxy groups -OCH3 is 2. The average Bonchev–Trinajstić information content (AvgIpc) is 3.25. The Hall–Kier alpha value is -3.14. The fraction of sp³-hybridized carbons (Fsp3) is 0.222. The molecule has 2 aromatic rings. The number of ether oxygens (including phenoxy) is 2. The van der Waals surface area contributed by atoms with Gasteiger partial charge in [0.1, 0.15) is 5.69 Å². The number of halogens is 1. The topological polar surface area (TPSA) is 134 Å². The molecule has 3 N–H and O–H groups in total. The fourth-order valence-electron chi connectivity index (χ4n) is 3.77. The monoisotopic (exact) mass is 447 g/mol. The number of amides is 1. The standard InChI is InChI=1S/C18H14BrN3O6/c1-26-11(23)6-10-12(15(24)27-2)18(16(25)21-10)9-5-7(19)3-4-8(9)13-14(18)22-17(20)28-13/h3-5H,6H2,1-2H3,(H2,20,22)(H,21,25)/t18-/m1/s1. The number of nitrogens with two attached hydrogens (primary N) is 1. The molecule has 1 amide bonds. The van der Waals surface area contributed by atoms with Crippen molar-refractivity contribution in [1.29, 1.82) is 0 Å². The molecule has 9 nitrogen and oxygen atoms in total. The van der Waals surface area contributed by atoms with E-state index in [2.05, 4.69) is 31.0 Å². The Morgan fingerprint density at radius 1 is 1.32 bits per heavy atom. The number of rotatable bonds is 3. The maximum atomic E-state index is 13.3. The molecule has 1 aromatic carbocycles. The van der Waals surface area contributed by atoms with Crippen molar-refractivity contribution in [3.05, 3.63) is 45.2 Å². The first-order valence-electron chi connectivity index (χ1n) is 8.12. The van der Waals surface area contributed by atoms with Gasteiger partial charge in [0.25, 0.3) is 6.01 Å². The molecular weight excluding hydrogens is 434 g/mol. The molecule has 0 fully saturated rings. The summed E-state index contributed by atoms with van der Waals surface area (Å²) in [5.74, 6) is -1.67. The van der Waals surface area contributed by atoms with Crippen LogP contribution in [0, 0.1) is 0 Å². The highest BCUT2D eigenvalue weighted by Crippen LogP contribution is 2.56. The SMILES string of the molecule is COC(=O)CC1=C(C(=O)OC)[C@]2(C(=O)N1)c1cc(Br)ccc1-c1oc(N)nc12. The third kappa shape index (κ3) is 2.24. The molecule has 1 spiro atoms. The molecule has 4 rings (SSSR count). The zero-order valence-electron chi connectivity index (χ0n) is 14.8. The number of hydrogen-bond donors (Lipinski definition) is 2. The summed E-state index contributed by atoms with van der Waals surface area (Å²) in [6, 6.07) is 5.06. The molecule has 1 atom stereocenters. The van der Waals surface area contributed by atoms with Gasteiger partial charge < -0.3 is 24.9 Å². The number of nitrogens with zero attached hydrogens (tertiary/aromatic N) is 1. The van der Waals surface area contributed by atoms with E-state index in [4.69, 9.17) is 14.9 Å². The first kappa shape index (κ1) is 18.2. The molecule has 1 aliphatic carbocycles. The lowest BCUT2D eigenvalue weighted by Crippen LogP contribution is -2.40. The van der Waals surface area contributed by atoms with E-state index in [-0.39, 0.29) is 35.2 Å². The summed E-state index contributed by atoms with van der Waals surface area (Å²) in [6.07, 6.45) is -0.319. The van der Waals surface area contributed by atoms with Crippen molar-refractivity contribution in [1.82, 2.24) is 10.3 Å². The quantitative estimate of drug-likeness (QED) is 0.674. The van der Waals surface area contributed by atoms with Gasteiger partial charge in [-0.15, -0.1) is 0 Å². The number of hydrogen-bond acceptors (Lipinski definition) is 8. The van der Waals surface area contributed by atoms with Crippen molar-refractivity contribution in [3.63, 3.8) is 0 Å². The molecule has 10 heteroatoms. The number of esters is 2. The summed E-state index contributed by atoms with van der Waals surface area (Å²) in [5, 5.41) is 2.63. The predicted octanol–water partition coefficient (Wildman–Crippen LogP) is 1.41. The molecular formula is C18H14BrN3O6. The Morgan fingerprint density at radius 3 is 2.75 bits per heavy atom. The number of fused-ring (bicyclic) bond motifs is 5. The maximum Gasteiger partial charge on any atom is 0.337 e. The van der Waals surface area contributed by atoms with Crippen molar-refractivity contribution in [2.45, 2.75) is 11.8 Å². The largest absolute Gasteiger partial charge is 0.469 e. The summed E-state index contributed by atoms with van der Waals surface area (Å²) >= 11 is 3.39. The second-order valence-corrected chi connectivity index (χ2v) is 7.14. The molecule has 0 radical (unpaired) electrons. The van der Waals surface area contributed by atoms with Crippen LogP contribution in [0.1, 0.15) is 17.7 Å². The molecule has 0 saturated carbocycles. The van der Waals surface area contributed by atoms with Crippen LogP contribution in [-0.2, 0) is 29.3 Å². The molecule has 0 bridgehead atoms. The van der Waals surface area contributed by atoms with Gasteiger partial charge >= 0.3 is 11.9 Å².